The molecule has 2 rings (SSSR count). The number of hydrogen-bond acceptors (Lipinski definition) is 9. The number of benzene rings is 1. The smallest absolute Gasteiger partial charge is 0.404 e. The van der Waals surface area contributed by atoms with Gasteiger partial charge in [0, 0.05) is 6.42 Å². The molecule has 1 saturated heterocycles. The van der Waals surface area contributed by atoms with Gasteiger partial charge in [0.25, 0.3) is 0 Å². The number of amides is 3. The van der Waals surface area contributed by atoms with Crippen LogP contribution in [0, 0.1) is 0 Å². The second-order valence-electron chi connectivity index (χ2n) is 6.68. The number of carbonyl (C=O) groups is 4. The highest BCUT2D eigenvalue weighted by Gasteiger charge is 2.41. The first-order valence-corrected chi connectivity index (χ1v) is 9.09. The largest absolute Gasteiger partial charge is 0.479 e. The lowest BCUT2D eigenvalue weighted by molar-refractivity contribution is -0.238. The van der Waals surface area contributed by atoms with E-state index in [4.69, 9.17) is 25.1 Å². The monoisotopic (exact) mass is 441 g/mol. The Labute approximate surface area is 176 Å². The van der Waals surface area contributed by atoms with E-state index in [2.05, 4.69) is 10.6 Å². The maximum atomic E-state index is 12.2. The van der Waals surface area contributed by atoms with Crippen molar-refractivity contribution in [1.29, 1.82) is 0 Å². The maximum absolute atomic E-state index is 12.2. The van der Waals surface area contributed by atoms with E-state index >= 15 is 0 Å². The average Bonchev–Trinajstić information content (AvgIpc) is 2.71. The molecule has 0 bridgehead atoms. The van der Waals surface area contributed by atoms with Crippen molar-refractivity contribution in [2.45, 2.75) is 50.6 Å². The highest BCUT2D eigenvalue weighted by atomic mass is 16.7. The van der Waals surface area contributed by atoms with Gasteiger partial charge >= 0.3 is 12.1 Å². The van der Waals surface area contributed by atoms with Crippen molar-refractivity contribution in [1.82, 2.24) is 5.32 Å². The van der Waals surface area contributed by atoms with Crippen LogP contribution in [0.3, 0.4) is 0 Å². The quantitative estimate of drug-likeness (QED) is 0.248. The van der Waals surface area contributed by atoms with E-state index in [1.54, 1.807) is 0 Å². The number of aliphatic hydroxyl groups is 2. The topological polar surface area (TPSA) is 207 Å². The summed E-state index contributed by atoms with van der Waals surface area (Å²) in [6.07, 6.45) is -7.05. The van der Waals surface area contributed by atoms with Crippen LogP contribution in [-0.4, -0.2) is 70.3 Å². The number of carboxylic acid groups (broad SMARTS) is 1. The Bertz CT molecular complexity index is 833. The molecule has 1 aromatic carbocycles. The van der Waals surface area contributed by atoms with E-state index in [-0.39, 0.29) is 24.5 Å². The Kier molecular flexibility index (Phi) is 8.13. The van der Waals surface area contributed by atoms with E-state index in [9.17, 15) is 29.4 Å². The molecule has 0 spiro atoms. The second-order valence-corrected chi connectivity index (χ2v) is 6.68. The van der Waals surface area contributed by atoms with Crippen molar-refractivity contribution >= 4 is 30.1 Å². The van der Waals surface area contributed by atoms with Crippen molar-refractivity contribution < 1.29 is 48.7 Å². The summed E-state index contributed by atoms with van der Waals surface area (Å²) in [5.74, 6) is -2.04. The fourth-order valence-electron chi connectivity index (χ4n) is 2.65. The van der Waals surface area contributed by atoms with E-state index in [1.807, 2.05) is 0 Å². The van der Waals surface area contributed by atoms with Crippen LogP contribution in [0.5, 0.6) is 5.75 Å². The Morgan fingerprint density at radius 2 is 2.06 bits per heavy atom. The Hall–Kier alpha value is -3.42. The van der Waals surface area contributed by atoms with Gasteiger partial charge in [-0.15, -0.1) is 0 Å². The Morgan fingerprint density at radius 1 is 1.35 bits per heavy atom. The molecule has 1 heterocycles. The second kappa shape index (κ2) is 10.6. The van der Waals surface area contributed by atoms with Gasteiger partial charge in [0.1, 0.15) is 24.5 Å². The molecule has 1 aliphatic rings. The first-order chi connectivity index (χ1) is 14.6. The summed E-state index contributed by atoms with van der Waals surface area (Å²) in [5.41, 5.74) is 5.40. The van der Waals surface area contributed by atoms with Gasteiger partial charge in [0.2, 0.25) is 18.6 Å². The molecular formula is C18H23N3O10. The van der Waals surface area contributed by atoms with Gasteiger partial charge in [0.15, 0.2) is 6.10 Å². The molecule has 1 fully saturated rings. The van der Waals surface area contributed by atoms with Crippen molar-refractivity contribution in [3.8, 4) is 5.75 Å². The number of carbonyl (C=O) groups excluding carboxylic acids is 3. The zero-order valence-electron chi connectivity index (χ0n) is 16.4. The minimum Gasteiger partial charge on any atom is -0.479 e. The molecule has 31 heavy (non-hydrogen) atoms. The van der Waals surface area contributed by atoms with Gasteiger partial charge in [0.05, 0.1) is 11.8 Å². The summed E-state index contributed by atoms with van der Waals surface area (Å²) >= 11 is 0. The van der Waals surface area contributed by atoms with E-state index in [0.29, 0.717) is 12.0 Å². The van der Waals surface area contributed by atoms with Crippen LogP contribution in [0.2, 0.25) is 0 Å². The average molecular weight is 441 g/mol. The zero-order chi connectivity index (χ0) is 23.1. The fourth-order valence-corrected chi connectivity index (χ4v) is 2.65. The maximum Gasteiger partial charge on any atom is 0.404 e. The molecule has 0 radical (unpaired) electrons. The van der Waals surface area contributed by atoms with E-state index < -0.39 is 48.6 Å². The molecule has 13 nitrogen and oxygen atoms in total. The lowest BCUT2D eigenvalue weighted by Crippen LogP contribution is -2.52. The highest BCUT2D eigenvalue weighted by Crippen LogP contribution is 2.31. The summed E-state index contributed by atoms with van der Waals surface area (Å²) in [7, 11) is 0. The van der Waals surface area contributed by atoms with Crippen LogP contribution in [-0.2, 0) is 30.5 Å². The van der Waals surface area contributed by atoms with Crippen LogP contribution in [0.4, 0.5) is 10.5 Å². The minimum absolute atomic E-state index is 0.0788. The molecule has 13 heteroatoms. The molecule has 1 aromatic rings. The van der Waals surface area contributed by atoms with Gasteiger partial charge in [-0.3, -0.25) is 9.59 Å². The molecule has 3 unspecified atom stereocenters. The van der Waals surface area contributed by atoms with Crippen LogP contribution in [0.25, 0.3) is 0 Å². The molecular weight excluding hydrogens is 418 g/mol. The Morgan fingerprint density at radius 3 is 2.68 bits per heavy atom. The third kappa shape index (κ3) is 6.53. The summed E-state index contributed by atoms with van der Waals surface area (Å²) in [4.78, 5) is 44.8. The van der Waals surface area contributed by atoms with Crippen molar-refractivity contribution in [3.63, 3.8) is 0 Å². The number of ether oxygens (including phenoxy) is 3. The molecule has 0 saturated carbocycles. The SMILES string of the molecule is C[C@H](NC=O)C(=O)Nc1ccc(COC(N)=O)cc1OC1OC(C(=O)O)CC(O)[C@H]1O. The molecule has 7 N–H and O–H groups in total. The number of nitrogens with two attached hydrogens (primary N) is 1. The standard InChI is InChI=1S/C18H23N3O10/c1-8(20-7-22)15(25)21-10-3-2-9(6-29-18(19)28)4-12(10)30-17-14(24)11(23)5-13(31-17)16(26)27/h2-4,7-8,11,13-14,17,23-24H,5-6H2,1H3,(H2,19,28)(H,20,22)(H,21,25)(H,26,27)/t8-,11?,13?,14+,17?/m0/s1. The summed E-state index contributed by atoms with van der Waals surface area (Å²) in [5, 5.41) is 34.0. The molecule has 1 aliphatic heterocycles. The lowest BCUT2D eigenvalue weighted by Gasteiger charge is -2.35. The van der Waals surface area contributed by atoms with Crippen LogP contribution >= 0.6 is 0 Å². The highest BCUT2D eigenvalue weighted by molar-refractivity contribution is 5.96. The number of primary amides is 1. The van der Waals surface area contributed by atoms with Crippen molar-refractivity contribution in [3.05, 3.63) is 23.8 Å². The number of anilines is 1. The van der Waals surface area contributed by atoms with Crippen LogP contribution < -0.4 is 21.1 Å². The molecule has 5 atom stereocenters. The summed E-state index contributed by atoms with van der Waals surface area (Å²) in [6.45, 7) is 1.19. The number of nitrogens with one attached hydrogen (secondary N) is 2. The number of rotatable bonds is 9. The van der Waals surface area contributed by atoms with Crippen LogP contribution in [0.15, 0.2) is 18.2 Å². The number of aliphatic hydroxyl groups excluding tert-OH is 2. The number of hydrogen-bond donors (Lipinski definition) is 6. The predicted octanol–water partition coefficient (Wildman–Crippen LogP) is -1.34. The third-order valence-corrected chi connectivity index (χ3v) is 4.34. The van der Waals surface area contributed by atoms with Crippen LogP contribution in [0.1, 0.15) is 18.9 Å². The number of aliphatic carboxylic acids is 1. The molecule has 170 valence electrons. The van der Waals surface area contributed by atoms with Gasteiger partial charge in [-0.1, -0.05) is 6.07 Å². The van der Waals surface area contributed by atoms with Crippen molar-refractivity contribution in [2.75, 3.05) is 5.32 Å². The van der Waals surface area contributed by atoms with Gasteiger partial charge < -0.3 is 45.9 Å². The minimum atomic E-state index is -1.58. The fraction of sp³-hybridized carbons (Fsp3) is 0.444. The third-order valence-electron chi connectivity index (χ3n) is 4.34. The number of carboxylic acids is 1. The lowest BCUT2D eigenvalue weighted by atomic mass is 10.0. The van der Waals surface area contributed by atoms with Gasteiger partial charge in [-0.2, -0.15) is 0 Å². The van der Waals surface area contributed by atoms with Crippen molar-refractivity contribution in [2.24, 2.45) is 5.73 Å². The van der Waals surface area contributed by atoms with Gasteiger partial charge in [-0.25, -0.2) is 9.59 Å². The summed E-state index contributed by atoms with van der Waals surface area (Å²) < 4.78 is 15.5. The zero-order valence-corrected chi connectivity index (χ0v) is 16.4. The van der Waals surface area contributed by atoms with Gasteiger partial charge in [-0.05, 0) is 24.6 Å². The first kappa shape index (κ1) is 23.9. The molecule has 3 amide bonds. The Balaban J connectivity index is 2.30. The first-order valence-electron chi connectivity index (χ1n) is 9.09. The normalized spacial score (nSPS) is 23.8. The molecule has 0 aromatic heterocycles. The van der Waals surface area contributed by atoms with E-state index in [1.165, 1.54) is 25.1 Å². The predicted molar refractivity (Wildman–Crippen MR) is 102 cm³/mol. The molecule has 0 aliphatic carbocycles. The van der Waals surface area contributed by atoms with E-state index in [0.717, 1.165) is 0 Å². The summed E-state index contributed by atoms with van der Waals surface area (Å²) in [6, 6.07) is 3.32.